The Bertz CT molecular complexity index is 615. The van der Waals surface area contributed by atoms with E-state index in [0.29, 0.717) is 16.7 Å². The molecule has 5 nitrogen and oxygen atoms in total. The third-order valence-electron chi connectivity index (χ3n) is 2.26. The smallest absolute Gasteiger partial charge is 0.335 e. The summed E-state index contributed by atoms with van der Waals surface area (Å²) >= 11 is 0. The molecule has 2 aromatic rings. The summed E-state index contributed by atoms with van der Waals surface area (Å²) in [5.41, 5.74) is 0.366. The van der Waals surface area contributed by atoms with Crippen LogP contribution in [0.25, 0.3) is 10.9 Å². The summed E-state index contributed by atoms with van der Waals surface area (Å²) in [6, 6.07) is 5.76. The number of H-pyrrole nitrogens is 1. The zero-order valence-electron chi connectivity index (χ0n) is 8.48. The van der Waals surface area contributed by atoms with Gasteiger partial charge in [-0.2, -0.15) is 0 Å². The summed E-state index contributed by atoms with van der Waals surface area (Å²) in [4.78, 5) is 24.6. The van der Waals surface area contributed by atoms with E-state index in [-0.39, 0.29) is 11.1 Å². The largest absolute Gasteiger partial charge is 0.495 e. The lowest BCUT2D eigenvalue weighted by atomic mass is 10.1. The molecular weight excluding hydrogens is 210 g/mol. The van der Waals surface area contributed by atoms with Crippen molar-refractivity contribution >= 4 is 16.9 Å². The summed E-state index contributed by atoms with van der Waals surface area (Å²) in [7, 11) is 1.42. The van der Waals surface area contributed by atoms with Crippen LogP contribution in [0.4, 0.5) is 0 Å². The second-order valence-corrected chi connectivity index (χ2v) is 3.27. The highest BCUT2D eigenvalue weighted by atomic mass is 16.5. The first-order chi connectivity index (χ1) is 7.61. The topological polar surface area (TPSA) is 79.4 Å². The molecule has 0 amide bonds. The van der Waals surface area contributed by atoms with Gasteiger partial charge in [0.25, 0.3) is 0 Å². The molecule has 0 fully saturated rings. The van der Waals surface area contributed by atoms with Crippen LogP contribution in [-0.2, 0) is 0 Å². The van der Waals surface area contributed by atoms with Crippen LogP contribution in [-0.4, -0.2) is 23.2 Å². The zero-order valence-corrected chi connectivity index (χ0v) is 8.48. The molecule has 1 aromatic heterocycles. The molecule has 0 atom stereocenters. The summed E-state index contributed by atoms with van der Waals surface area (Å²) < 4.78 is 5.04. The van der Waals surface area contributed by atoms with Crippen molar-refractivity contribution in [2.75, 3.05) is 7.11 Å². The van der Waals surface area contributed by atoms with E-state index < -0.39 is 5.97 Å². The maximum absolute atomic E-state index is 11.1. The summed E-state index contributed by atoms with van der Waals surface area (Å²) in [5, 5.41) is 9.51. The molecule has 0 aliphatic heterocycles. The molecule has 0 saturated carbocycles. The Morgan fingerprint density at radius 3 is 2.75 bits per heavy atom. The first-order valence-corrected chi connectivity index (χ1v) is 4.56. The van der Waals surface area contributed by atoms with Gasteiger partial charge in [-0.15, -0.1) is 0 Å². The number of benzene rings is 1. The third kappa shape index (κ3) is 1.63. The van der Waals surface area contributed by atoms with E-state index in [1.54, 1.807) is 6.07 Å². The standard InChI is InChI=1S/C11H9NO4/c1-16-8-5-7(11(14)15)4-6-2-3-9(13)12-10(6)8/h2-5H,1H3,(H,12,13)(H,14,15). The predicted octanol–water partition coefficient (Wildman–Crippen LogP) is 1.23. The minimum absolute atomic E-state index is 0.122. The van der Waals surface area contributed by atoms with Gasteiger partial charge in [-0.1, -0.05) is 0 Å². The van der Waals surface area contributed by atoms with Gasteiger partial charge < -0.3 is 14.8 Å². The van der Waals surface area contributed by atoms with Crippen LogP contribution < -0.4 is 10.3 Å². The van der Waals surface area contributed by atoms with Gasteiger partial charge in [-0.25, -0.2) is 4.79 Å². The quantitative estimate of drug-likeness (QED) is 0.796. The number of rotatable bonds is 2. The second kappa shape index (κ2) is 3.69. The van der Waals surface area contributed by atoms with Crippen molar-refractivity contribution in [1.82, 2.24) is 4.98 Å². The van der Waals surface area contributed by atoms with Crippen LogP contribution in [0.3, 0.4) is 0 Å². The Kier molecular flexibility index (Phi) is 2.36. The SMILES string of the molecule is COc1cc(C(=O)O)cc2ccc(=O)[nH]c12. The predicted molar refractivity (Wildman–Crippen MR) is 58.1 cm³/mol. The monoisotopic (exact) mass is 219 g/mol. The lowest BCUT2D eigenvalue weighted by molar-refractivity contribution is 0.0696. The first kappa shape index (κ1) is 10.2. The van der Waals surface area contributed by atoms with Crippen LogP contribution in [0, 0.1) is 0 Å². The lowest BCUT2D eigenvalue weighted by Crippen LogP contribution is -2.05. The molecule has 0 saturated heterocycles. The van der Waals surface area contributed by atoms with E-state index in [9.17, 15) is 9.59 Å². The van der Waals surface area contributed by atoms with E-state index in [1.165, 1.54) is 25.3 Å². The number of aromatic amines is 1. The normalized spacial score (nSPS) is 10.3. The van der Waals surface area contributed by atoms with Gasteiger partial charge in [-0.3, -0.25) is 4.79 Å². The molecule has 1 heterocycles. The molecule has 2 N–H and O–H groups in total. The first-order valence-electron chi connectivity index (χ1n) is 4.56. The second-order valence-electron chi connectivity index (χ2n) is 3.27. The fraction of sp³-hybridized carbons (Fsp3) is 0.0909. The number of carbonyl (C=O) groups is 1. The Hall–Kier alpha value is -2.30. The summed E-state index contributed by atoms with van der Waals surface area (Å²) in [6.45, 7) is 0. The molecule has 2 rings (SSSR count). The molecule has 0 aliphatic rings. The van der Waals surface area contributed by atoms with Gasteiger partial charge in [0.15, 0.2) is 0 Å². The van der Waals surface area contributed by atoms with E-state index in [2.05, 4.69) is 4.98 Å². The number of aromatic carboxylic acids is 1. The molecule has 0 bridgehead atoms. The highest BCUT2D eigenvalue weighted by Gasteiger charge is 2.09. The molecule has 16 heavy (non-hydrogen) atoms. The highest BCUT2D eigenvalue weighted by molar-refractivity contribution is 5.95. The zero-order chi connectivity index (χ0) is 11.7. The van der Waals surface area contributed by atoms with Gasteiger partial charge in [0.2, 0.25) is 5.56 Å². The summed E-state index contributed by atoms with van der Waals surface area (Å²) in [6.07, 6.45) is 0. The van der Waals surface area contributed by atoms with Gasteiger partial charge in [0, 0.05) is 11.5 Å². The number of hydrogen-bond acceptors (Lipinski definition) is 3. The molecule has 0 radical (unpaired) electrons. The van der Waals surface area contributed by atoms with Crippen LogP contribution in [0.2, 0.25) is 0 Å². The maximum atomic E-state index is 11.1. The van der Waals surface area contributed by atoms with Crippen LogP contribution in [0.5, 0.6) is 5.75 Å². The number of pyridine rings is 1. The van der Waals surface area contributed by atoms with Crippen molar-refractivity contribution in [2.45, 2.75) is 0 Å². The van der Waals surface area contributed by atoms with Crippen LogP contribution in [0.15, 0.2) is 29.1 Å². The summed E-state index contributed by atoms with van der Waals surface area (Å²) in [5.74, 6) is -0.695. The molecule has 82 valence electrons. The number of carboxylic acid groups (broad SMARTS) is 1. The average Bonchev–Trinajstić information content (AvgIpc) is 2.27. The number of ether oxygens (including phenoxy) is 1. The van der Waals surface area contributed by atoms with Gasteiger partial charge in [0.05, 0.1) is 18.2 Å². The maximum Gasteiger partial charge on any atom is 0.335 e. The Morgan fingerprint density at radius 2 is 2.12 bits per heavy atom. The number of methoxy groups -OCH3 is 1. The molecule has 1 aromatic carbocycles. The van der Waals surface area contributed by atoms with Crippen molar-refractivity contribution in [3.05, 3.63) is 40.2 Å². The van der Waals surface area contributed by atoms with Crippen LogP contribution in [0.1, 0.15) is 10.4 Å². The number of fused-ring (bicyclic) bond motifs is 1. The number of hydrogen-bond donors (Lipinski definition) is 2. The Morgan fingerprint density at radius 1 is 1.38 bits per heavy atom. The van der Waals surface area contributed by atoms with Crippen molar-refractivity contribution in [3.8, 4) is 5.75 Å². The Balaban J connectivity index is 2.83. The lowest BCUT2D eigenvalue weighted by Gasteiger charge is -2.06. The third-order valence-corrected chi connectivity index (χ3v) is 2.26. The number of carboxylic acids is 1. The van der Waals surface area contributed by atoms with Crippen molar-refractivity contribution in [2.24, 2.45) is 0 Å². The Labute approximate surface area is 90.3 Å². The van der Waals surface area contributed by atoms with E-state index in [4.69, 9.17) is 9.84 Å². The molecule has 0 spiro atoms. The molecular formula is C11H9NO4. The van der Waals surface area contributed by atoms with E-state index >= 15 is 0 Å². The molecule has 0 aliphatic carbocycles. The minimum Gasteiger partial charge on any atom is -0.495 e. The van der Waals surface area contributed by atoms with E-state index in [0.717, 1.165) is 0 Å². The average molecular weight is 219 g/mol. The van der Waals surface area contributed by atoms with Gasteiger partial charge >= 0.3 is 5.97 Å². The van der Waals surface area contributed by atoms with Gasteiger partial charge in [-0.05, 0) is 18.2 Å². The van der Waals surface area contributed by atoms with Crippen molar-refractivity contribution < 1.29 is 14.6 Å². The van der Waals surface area contributed by atoms with Crippen LogP contribution >= 0.6 is 0 Å². The number of aromatic nitrogens is 1. The van der Waals surface area contributed by atoms with Gasteiger partial charge in [0.1, 0.15) is 5.75 Å². The fourth-order valence-corrected chi connectivity index (χ4v) is 1.52. The van der Waals surface area contributed by atoms with E-state index in [1.807, 2.05) is 0 Å². The van der Waals surface area contributed by atoms with Crippen molar-refractivity contribution in [1.29, 1.82) is 0 Å². The highest BCUT2D eigenvalue weighted by Crippen LogP contribution is 2.24. The van der Waals surface area contributed by atoms with Crippen molar-refractivity contribution in [3.63, 3.8) is 0 Å². The fourth-order valence-electron chi connectivity index (χ4n) is 1.52. The molecule has 0 unspecified atom stereocenters. The minimum atomic E-state index is -1.04. The molecule has 5 heteroatoms. The number of nitrogens with one attached hydrogen (secondary N) is 1.